The number of nitrogens with one attached hydrogen (secondary N) is 1. The van der Waals surface area contributed by atoms with Gasteiger partial charge in [-0.1, -0.05) is 5.21 Å². The number of ether oxygens (including phenoxy) is 1. The second-order valence-corrected chi connectivity index (χ2v) is 3.38. The lowest BCUT2D eigenvalue weighted by atomic mass is 10.5. The van der Waals surface area contributed by atoms with Crippen LogP contribution in [0.25, 0.3) is 0 Å². The van der Waals surface area contributed by atoms with Gasteiger partial charge in [0.1, 0.15) is 6.61 Å². The van der Waals surface area contributed by atoms with Gasteiger partial charge in [0.25, 0.3) is 0 Å². The molecule has 1 aromatic heterocycles. The number of rotatable bonds is 6. The molecule has 6 nitrogen and oxygen atoms in total. The van der Waals surface area contributed by atoms with Crippen molar-refractivity contribution in [3.05, 3.63) is 12.4 Å². The van der Waals surface area contributed by atoms with E-state index in [4.69, 9.17) is 4.74 Å². The molecule has 0 aliphatic heterocycles. The maximum absolute atomic E-state index is 11.2. The van der Waals surface area contributed by atoms with E-state index in [1.165, 1.54) is 0 Å². The Morgan fingerprint density at radius 2 is 2.40 bits per heavy atom. The van der Waals surface area contributed by atoms with Gasteiger partial charge in [0.2, 0.25) is 5.91 Å². The summed E-state index contributed by atoms with van der Waals surface area (Å²) in [6.45, 7) is 5.04. The molecule has 6 heteroatoms. The van der Waals surface area contributed by atoms with Gasteiger partial charge in [0.15, 0.2) is 0 Å². The van der Waals surface area contributed by atoms with Crippen LogP contribution in [0.2, 0.25) is 0 Å². The topological polar surface area (TPSA) is 69.0 Å². The summed E-state index contributed by atoms with van der Waals surface area (Å²) in [5.74, 6) is -0.108. The van der Waals surface area contributed by atoms with E-state index in [2.05, 4.69) is 15.6 Å². The number of carbonyl (C=O) groups is 1. The van der Waals surface area contributed by atoms with Gasteiger partial charge in [-0.05, 0) is 13.8 Å². The number of hydrogen-bond donors (Lipinski definition) is 1. The van der Waals surface area contributed by atoms with Gasteiger partial charge in [0.05, 0.1) is 18.8 Å². The molecule has 0 saturated carbocycles. The highest BCUT2D eigenvalue weighted by Crippen LogP contribution is 1.86. The number of amides is 1. The molecule has 1 N–H and O–H groups in total. The number of carbonyl (C=O) groups excluding carboxylic acids is 1. The molecule has 0 bridgehead atoms. The van der Waals surface area contributed by atoms with Crippen molar-refractivity contribution in [1.29, 1.82) is 0 Å². The smallest absolute Gasteiger partial charge is 0.246 e. The Kier molecular flexibility index (Phi) is 4.76. The van der Waals surface area contributed by atoms with Gasteiger partial charge in [-0.25, -0.2) is 0 Å². The zero-order valence-corrected chi connectivity index (χ0v) is 9.01. The maximum Gasteiger partial charge on any atom is 0.246 e. The highest BCUT2D eigenvalue weighted by atomic mass is 16.5. The molecule has 1 amide bonds. The van der Waals surface area contributed by atoms with E-state index in [0.29, 0.717) is 13.1 Å². The van der Waals surface area contributed by atoms with E-state index in [9.17, 15) is 4.79 Å². The summed E-state index contributed by atoms with van der Waals surface area (Å²) in [5, 5.41) is 10.2. The summed E-state index contributed by atoms with van der Waals surface area (Å²) in [6, 6.07) is 0. The van der Waals surface area contributed by atoms with E-state index >= 15 is 0 Å². The van der Waals surface area contributed by atoms with Gasteiger partial charge < -0.3 is 10.1 Å². The molecule has 0 aliphatic carbocycles. The van der Waals surface area contributed by atoms with Crippen molar-refractivity contribution in [3.63, 3.8) is 0 Å². The van der Waals surface area contributed by atoms with Crippen molar-refractivity contribution >= 4 is 5.91 Å². The third kappa shape index (κ3) is 5.11. The van der Waals surface area contributed by atoms with Gasteiger partial charge in [-0.3, -0.25) is 9.48 Å². The number of aromatic nitrogens is 3. The summed E-state index contributed by atoms with van der Waals surface area (Å²) in [5.41, 5.74) is 0. The molecule has 0 aromatic carbocycles. The van der Waals surface area contributed by atoms with Crippen LogP contribution in [-0.2, 0) is 16.1 Å². The third-order valence-electron chi connectivity index (χ3n) is 1.68. The lowest BCUT2D eigenvalue weighted by Gasteiger charge is -2.08. The van der Waals surface area contributed by atoms with Gasteiger partial charge >= 0.3 is 0 Å². The van der Waals surface area contributed by atoms with Crippen molar-refractivity contribution in [2.24, 2.45) is 0 Å². The highest BCUT2D eigenvalue weighted by molar-refractivity contribution is 5.77. The quantitative estimate of drug-likeness (QED) is 0.710. The molecule has 84 valence electrons. The molecule has 0 saturated heterocycles. The minimum Gasteiger partial charge on any atom is -0.369 e. The molecule has 0 fully saturated rings. The summed E-state index contributed by atoms with van der Waals surface area (Å²) >= 11 is 0. The standard InChI is InChI=1S/C9H16N4O2/c1-8(2)15-7-9(14)10-3-5-13-6-4-11-12-13/h4,6,8H,3,5,7H2,1-2H3,(H,10,14). The molecular weight excluding hydrogens is 196 g/mol. The fourth-order valence-electron chi connectivity index (χ4n) is 0.955. The minimum atomic E-state index is -0.108. The van der Waals surface area contributed by atoms with Crippen LogP contribution in [-0.4, -0.2) is 40.2 Å². The van der Waals surface area contributed by atoms with Crippen LogP contribution >= 0.6 is 0 Å². The van der Waals surface area contributed by atoms with E-state index in [1.807, 2.05) is 13.8 Å². The van der Waals surface area contributed by atoms with Crippen LogP contribution in [0.1, 0.15) is 13.8 Å². The zero-order valence-electron chi connectivity index (χ0n) is 9.01. The van der Waals surface area contributed by atoms with E-state index in [-0.39, 0.29) is 18.6 Å². The Bertz CT molecular complexity index is 284. The molecule has 0 aliphatic rings. The van der Waals surface area contributed by atoms with E-state index in [0.717, 1.165) is 0 Å². The predicted molar refractivity (Wildman–Crippen MR) is 54.1 cm³/mol. The molecule has 0 radical (unpaired) electrons. The molecule has 1 heterocycles. The maximum atomic E-state index is 11.2. The van der Waals surface area contributed by atoms with Crippen LogP contribution < -0.4 is 5.32 Å². The van der Waals surface area contributed by atoms with Crippen LogP contribution in [0.4, 0.5) is 0 Å². The van der Waals surface area contributed by atoms with Crippen molar-refractivity contribution in [3.8, 4) is 0 Å². The monoisotopic (exact) mass is 212 g/mol. The Labute approximate surface area is 88.6 Å². The molecule has 0 spiro atoms. The van der Waals surface area contributed by atoms with Crippen molar-refractivity contribution in [2.75, 3.05) is 13.2 Å². The summed E-state index contributed by atoms with van der Waals surface area (Å²) in [4.78, 5) is 11.2. The Morgan fingerprint density at radius 3 is 3.00 bits per heavy atom. The van der Waals surface area contributed by atoms with Crippen molar-refractivity contribution in [1.82, 2.24) is 20.3 Å². The first kappa shape index (κ1) is 11.6. The third-order valence-corrected chi connectivity index (χ3v) is 1.68. The second-order valence-electron chi connectivity index (χ2n) is 3.38. The molecule has 0 atom stereocenters. The van der Waals surface area contributed by atoms with Crippen molar-refractivity contribution in [2.45, 2.75) is 26.5 Å². The first-order valence-electron chi connectivity index (χ1n) is 4.91. The zero-order chi connectivity index (χ0) is 11.1. The SMILES string of the molecule is CC(C)OCC(=O)NCCn1ccnn1. The highest BCUT2D eigenvalue weighted by Gasteiger charge is 2.02. The fourth-order valence-corrected chi connectivity index (χ4v) is 0.955. The summed E-state index contributed by atoms with van der Waals surface area (Å²) in [7, 11) is 0. The fraction of sp³-hybridized carbons (Fsp3) is 0.667. The first-order chi connectivity index (χ1) is 7.18. The van der Waals surface area contributed by atoms with Gasteiger partial charge in [0, 0.05) is 12.7 Å². The van der Waals surface area contributed by atoms with Gasteiger partial charge in [-0.15, -0.1) is 5.10 Å². The Hall–Kier alpha value is -1.43. The van der Waals surface area contributed by atoms with Crippen molar-refractivity contribution < 1.29 is 9.53 Å². The second kappa shape index (κ2) is 6.13. The Morgan fingerprint density at radius 1 is 1.60 bits per heavy atom. The van der Waals surface area contributed by atoms with Gasteiger partial charge in [-0.2, -0.15) is 0 Å². The average Bonchev–Trinajstić information content (AvgIpc) is 2.67. The van der Waals surface area contributed by atoms with E-state index < -0.39 is 0 Å². The molecular formula is C9H16N4O2. The molecule has 15 heavy (non-hydrogen) atoms. The molecule has 1 rings (SSSR count). The van der Waals surface area contributed by atoms with Crippen LogP contribution in [0, 0.1) is 0 Å². The Balaban J connectivity index is 2.07. The predicted octanol–water partition coefficient (Wildman–Crippen LogP) is -0.181. The summed E-state index contributed by atoms with van der Waals surface area (Å²) < 4.78 is 6.80. The normalized spacial score (nSPS) is 10.6. The molecule has 0 unspecified atom stereocenters. The van der Waals surface area contributed by atoms with Crippen LogP contribution in [0.15, 0.2) is 12.4 Å². The summed E-state index contributed by atoms with van der Waals surface area (Å²) in [6.07, 6.45) is 3.42. The van der Waals surface area contributed by atoms with Crippen LogP contribution in [0.5, 0.6) is 0 Å². The lowest BCUT2D eigenvalue weighted by Crippen LogP contribution is -2.31. The first-order valence-corrected chi connectivity index (χ1v) is 4.91. The molecule has 1 aromatic rings. The minimum absolute atomic E-state index is 0.0751. The number of nitrogens with zero attached hydrogens (tertiary/aromatic N) is 3. The van der Waals surface area contributed by atoms with Crippen LogP contribution in [0.3, 0.4) is 0 Å². The largest absolute Gasteiger partial charge is 0.369 e. The lowest BCUT2D eigenvalue weighted by molar-refractivity contribution is -0.127. The average molecular weight is 212 g/mol. The number of hydrogen-bond acceptors (Lipinski definition) is 4. The van der Waals surface area contributed by atoms with E-state index in [1.54, 1.807) is 17.1 Å².